The zero-order valence-electron chi connectivity index (χ0n) is 13.0. The molecule has 1 aliphatic rings. The molecular formula is C16H21ClN2O3. The van der Waals surface area contributed by atoms with Gasteiger partial charge in [-0.05, 0) is 12.1 Å². The van der Waals surface area contributed by atoms with Crippen LogP contribution in [0.15, 0.2) is 29.8 Å². The van der Waals surface area contributed by atoms with Crippen LogP contribution in [-0.2, 0) is 0 Å². The minimum atomic E-state index is -0.0125. The van der Waals surface area contributed by atoms with Crippen LogP contribution in [0.25, 0.3) is 0 Å². The van der Waals surface area contributed by atoms with Gasteiger partial charge in [0.05, 0.1) is 14.2 Å². The lowest BCUT2D eigenvalue weighted by molar-refractivity contribution is 0.0648. The van der Waals surface area contributed by atoms with Gasteiger partial charge in [0, 0.05) is 49.4 Å². The van der Waals surface area contributed by atoms with Crippen molar-refractivity contribution >= 4 is 17.5 Å². The number of hydrogen-bond acceptors (Lipinski definition) is 4. The maximum atomic E-state index is 12.6. The Morgan fingerprint density at radius 3 is 2.14 bits per heavy atom. The summed E-state index contributed by atoms with van der Waals surface area (Å²) in [6.45, 7) is 7.29. The van der Waals surface area contributed by atoms with Crippen LogP contribution in [0, 0.1) is 0 Å². The van der Waals surface area contributed by atoms with Crippen molar-refractivity contribution in [1.29, 1.82) is 0 Å². The van der Waals surface area contributed by atoms with Crippen LogP contribution in [0.2, 0.25) is 0 Å². The van der Waals surface area contributed by atoms with Gasteiger partial charge in [-0.15, -0.1) is 0 Å². The Balaban J connectivity index is 2.05. The zero-order chi connectivity index (χ0) is 16.1. The second-order valence-corrected chi connectivity index (χ2v) is 5.72. The summed E-state index contributed by atoms with van der Waals surface area (Å²) >= 11 is 5.83. The van der Waals surface area contributed by atoms with E-state index in [1.807, 2.05) is 4.90 Å². The highest BCUT2D eigenvalue weighted by molar-refractivity contribution is 6.29. The van der Waals surface area contributed by atoms with Gasteiger partial charge in [-0.25, -0.2) is 0 Å². The van der Waals surface area contributed by atoms with E-state index < -0.39 is 0 Å². The Labute approximate surface area is 136 Å². The van der Waals surface area contributed by atoms with Crippen molar-refractivity contribution in [3.8, 4) is 11.5 Å². The van der Waals surface area contributed by atoms with Gasteiger partial charge in [0.2, 0.25) is 0 Å². The molecule has 0 bridgehead atoms. The molecule has 1 aliphatic heterocycles. The highest BCUT2D eigenvalue weighted by Crippen LogP contribution is 2.23. The number of halogens is 1. The second kappa shape index (κ2) is 7.51. The van der Waals surface area contributed by atoms with Crippen molar-refractivity contribution in [3.63, 3.8) is 0 Å². The smallest absolute Gasteiger partial charge is 0.254 e. The van der Waals surface area contributed by atoms with Crippen molar-refractivity contribution < 1.29 is 14.3 Å². The molecule has 0 aliphatic carbocycles. The van der Waals surface area contributed by atoms with Gasteiger partial charge in [-0.3, -0.25) is 9.69 Å². The molecule has 1 aromatic carbocycles. The quantitative estimate of drug-likeness (QED) is 0.833. The van der Waals surface area contributed by atoms with Crippen LogP contribution >= 0.6 is 11.6 Å². The summed E-state index contributed by atoms with van der Waals surface area (Å²) in [6.07, 6.45) is 0. The maximum Gasteiger partial charge on any atom is 0.254 e. The molecule has 1 fully saturated rings. The van der Waals surface area contributed by atoms with Crippen LogP contribution in [0.5, 0.6) is 11.5 Å². The minimum absolute atomic E-state index is 0.0125. The van der Waals surface area contributed by atoms with Gasteiger partial charge in [0.1, 0.15) is 11.5 Å². The first-order valence-corrected chi connectivity index (χ1v) is 7.49. The molecule has 0 atom stereocenters. The van der Waals surface area contributed by atoms with Crippen LogP contribution < -0.4 is 9.47 Å². The number of carbonyl (C=O) groups excluding carboxylic acids is 1. The highest BCUT2D eigenvalue weighted by atomic mass is 35.5. The molecule has 0 saturated carbocycles. The average Bonchev–Trinajstić information content (AvgIpc) is 2.53. The van der Waals surface area contributed by atoms with E-state index in [4.69, 9.17) is 21.1 Å². The van der Waals surface area contributed by atoms with Crippen molar-refractivity contribution in [1.82, 2.24) is 9.80 Å². The van der Waals surface area contributed by atoms with E-state index in [1.54, 1.807) is 32.4 Å². The van der Waals surface area contributed by atoms with Gasteiger partial charge in [-0.2, -0.15) is 0 Å². The minimum Gasteiger partial charge on any atom is -0.497 e. The summed E-state index contributed by atoms with van der Waals surface area (Å²) < 4.78 is 10.4. The maximum absolute atomic E-state index is 12.6. The summed E-state index contributed by atoms with van der Waals surface area (Å²) in [5.41, 5.74) is 0.575. The summed E-state index contributed by atoms with van der Waals surface area (Å²) in [7, 11) is 3.14. The Bertz CT molecular complexity index is 532. The molecule has 0 spiro atoms. The first-order chi connectivity index (χ1) is 10.5. The predicted octanol–water partition coefficient (Wildman–Crippen LogP) is 2.21. The fourth-order valence-corrected chi connectivity index (χ4v) is 2.63. The Morgan fingerprint density at radius 2 is 1.68 bits per heavy atom. The Kier molecular flexibility index (Phi) is 5.69. The van der Waals surface area contributed by atoms with Crippen LogP contribution in [0.4, 0.5) is 0 Å². The van der Waals surface area contributed by atoms with E-state index >= 15 is 0 Å². The van der Waals surface area contributed by atoms with Gasteiger partial charge in [0.15, 0.2) is 0 Å². The van der Waals surface area contributed by atoms with Crippen LogP contribution in [0.1, 0.15) is 10.4 Å². The molecule has 0 unspecified atom stereocenters. The number of ether oxygens (including phenoxy) is 2. The lowest BCUT2D eigenvalue weighted by atomic mass is 10.1. The zero-order valence-corrected chi connectivity index (χ0v) is 13.7. The number of amides is 1. The molecule has 5 nitrogen and oxygen atoms in total. The Morgan fingerprint density at radius 1 is 1.14 bits per heavy atom. The van der Waals surface area contributed by atoms with E-state index in [9.17, 15) is 4.79 Å². The average molecular weight is 325 g/mol. The van der Waals surface area contributed by atoms with E-state index in [1.165, 1.54) is 0 Å². The van der Waals surface area contributed by atoms with E-state index in [2.05, 4.69) is 11.5 Å². The lowest BCUT2D eigenvalue weighted by Crippen LogP contribution is -2.48. The number of rotatable bonds is 5. The summed E-state index contributed by atoms with van der Waals surface area (Å²) in [4.78, 5) is 16.6. The number of nitrogens with zero attached hydrogens (tertiary/aromatic N) is 2. The number of carbonyl (C=O) groups is 1. The molecule has 0 aromatic heterocycles. The highest BCUT2D eigenvalue weighted by Gasteiger charge is 2.23. The fraction of sp³-hybridized carbons (Fsp3) is 0.438. The SMILES string of the molecule is C=C(Cl)CN1CCN(C(=O)c2cc(OC)cc(OC)c2)CC1. The van der Waals surface area contributed by atoms with Gasteiger partial charge in [-0.1, -0.05) is 18.2 Å². The van der Waals surface area contributed by atoms with Crippen molar-refractivity contribution in [2.24, 2.45) is 0 Å². The molecule has 6 heteroatoms. The second-order valence-electron chi connectivity index (χ2n) is 5.19. The molecule has 2 rings (SSSR count). The molecule has 1 amide bonds. The third-order valence-electron chi connectivity index (χ3n) is 3.65. The normalized spacial score (nSPS) is 15.5. The molecule has 1 heterocycles. The molecule has 0 radical (unpaired) electrons. The number of piperazine rings is 1. The number of benzene rings is 1. The molecule has 22 heavy (non-hydrogen) atoms. The van der Waals surface area contributed by atoms with E-state index in [0.717, 1.165) is 13.1 Å². The largest absolute Gasteiger partial charge is 0.497 e. The standard InChI is InChI=1S/C16H21ClN2O3/c1-12(17)11-18-4-6-19(7-5-18)16(20)13-8-14(21-2)10-15(9-13)22-3/h8-10H,1,4-7,11H2,2-3H3. The first-order valence-electron chi connectivity index (χ1n) is 7.11. The van der Waals surface area contributed by atoms with E-state index in [-0.39, 0.29) is 5.91 Å². The molecule has 1 saturated heterocycles. The number of methoxy groups -OCH3 is 2. The fourth-order valence-electron chi connectivity index (χ4n) is 2.47. The summed E-state index contributed by atoms with van der Waals surface area (Å²) in [5, 5.41) is 0.623. The third-order valence-corrected chi connectivity index (χ3v) is 3.77. The summed E-state index contributed by atoms with van der Waals surface area (Å²) in [6, 6.07) is 5.22. The topological polar surface area (TPSA) is 42.0 Å². The lowest BCUT2D eigenvalue weighted by Gasteiger charge is -2.34. The van der Waals surface area contributed by atoms with Crippen molar-refractivity contribution in [3.05, 3.63) is 35.4 Å². The first kappa shape index (κ1) is 16.6. The monoisotopic (exact) mass is 324 g/mol. The Hall–Kier alpha value is -1.72. The van der Waals surface area contributed by atoms with Gasteiger partial charge in [0.25, 0.3) is 5.91 Å². The van der Waals surface area contributed by atoms with Gasteiger partial charge < -0.3 is 14.4 Å². The van der Waals surface area contributed by atoms with Crippen molar-refractivity contribution in [2.75, 3.05) is 46.9 Å². The molecule has 1 aromatic rings. The third kappa shape index (κ3) is 4.15. The number of hydrogen-bond donors (Lipinski definition) is 0. The van der Waals surface area contributed by atoms with Crippen molar-refractivity contribution in [2.45, 2.75) is 0 Å². The van der Waals surface area contributed by atoms with Gasteiger partial charge >= 0.3 is 0 Å². The molecule has 0 N–H and O–H groups in total. The van der Waals surface area contributed by atoms with E-state index in [0.29, 0.717) is 41.7 Å². The molecule has 120 valence electrons. The van der Waals surface area contributed by atoms with Crippen LogP contribution in [0.3, 0.4) is 0 Å². The predicted molar refractivity (Wildman–Crippen MR) is 86.9 cm³/mol. The van der Waals surface area contributed by atoms with Crippen LogP contribution in [-0.4, -0.2) is 62.7 Å². The molecular weight excluding hydrogens is 304 g/mol. The summed E-state index contributed by atoms with van der Waals surface area (Å²) in [5.74, 6) is 1.21.